The van der Waals surface area contributed by atoms with E-state index in [9.17, 15) is 9.59 Å². The molecule has 0 unspecified atom stereocenters. The fourth-order valence-electron chi connectivity index (χ4n) is 3.15. The highest BCUT2D eigenvalue weighted by molar-refractivity contribution is 14.1. The largest absolute Gasteiger partial charge is 0.497 e. The molecule has 0 aliphatic rings. The maximum absolute atomic E-state index is 12.7. The summed E-state index contributed by atoms with van der Waals surface area (Å²) in [5, 5.41) is 4.06. The van der Waals surface area contributed by atoms with E-state index in [0.717, 1.165) is 14.6 Å². The van der Waals surface area contributed by atoms with Gasteiger partial charge < -0.3 is 14.2 Å². The molecule has 190 valence electrons. The second kappa shape index (κ2) is 12.9. The molecule has 37 heavy (non-hydrogen) atoms. The minimum Gasteiger partial charge on any atom is -0.497 e. The van der Waals surface area contributed by atoms with Crippen LogP contribution in [0.1, 0.15) is 22.8 Å². The number of fused-ring (bicyclic) bond motifs is 1. The number of thioether (sulfide) groups is 1. The van der Waals surface area contributed by atoms with Crippen LogP contribution in [0.25, 0.3) is 10.2 Å². The number of hydrazone groups is 1. The fourth-order valence-corrected chi connectivity index (χ4v) is 5.75. The second-order valence-electron chi connectivity index (χ2n) is 7.41. The summed E-state index contributed by atoms with van der Waals surface area (Å²) >= 11 is 4.99. The zero-order chi connectivity index (χ0) is 26.2. The molecule has 0 radical (unpaired) electrons. The first-order chi connectivity index (χ1) is 18.0. The van der Waals surface area contributed by atoms with Gasteiger partial charge in [0, 0.05) is 0 Å². The van der Waals surface area contributed by atoms with Crippen LogP contribution in [0.3, 0.4) is 0 Å². The number of nitrogens with one attached hydrogen (secondary N) is 1. The predicted octanol–water partition coefficient (Wildman–Crippen LogP) is 5.77. The molecule has 4 aromatic rings. The number of halogens is 1. The van der Waals surface area contributed by atoms with Gasteiger partial charge in [0.25, 0.3) is 5.91 Å². The second-order valence-corrected chi connectivity index (χ2v) is 10.8. The van der Waals surface area contributed by atoms with E-state index in [1.807, 2.05) is 31.2 Å². The predicted molar refractivity (Wildman–Crippen MR) is 154 cm³/mol. The summed E-state index contributed by atoms with van der Waals surface area (Å²) < 4.78 is 19.1. The Kier molecular flexibility index (Phi) is 9.36. The molecule has 1 N–H and O–H groups in total. The highest BCUT2D eigenvalue weighted by Crippen LogP contribution is 2.35. The molecule has 0 saturated heterocycles. The fraction of sp³-hybridized carbons (Fsp3) is 0.154. The van der Waals surface area contributed by atoms with Crippen LogP contribution in [0.5, 0.6) is 17.2 Å². The number of amides is 1. The number of methoxy groups -OCH3 is 1. The molecule has 1 amide bonds. The lowest BCUT2D eigenvalue weighted by Gasteiger charge is -2.13. The lowest BCUT2D eigenvalue weighted by molar-refractivity contribution is -0.118. The number of rotatable bonds is 10. The van der Waals surface area contributed by atoms with Gasteiger partial charge in [0.05, 0.1) is 45.0 Å². The third-order valence-electron chi connectivity index (χ3n) is 4.86. The third kappa shape index (κ3) is 7.21. The molecular formula is C26H22IN3O5S2. The summed E-state index contributed by atoms with van der Waals surface area (Å²) in [5.74, 6) is 0.796. The van der Waals surface area contributed by atoms with Crippen molar-refractivity contribution in [3.8, 4) is 17.2 Å². The summed E-state index contributed by atoms with van der Waals surface area (Å²) in [6.07, 6.45) is 1.51. The Labute approximate surface area is 235 Å². The van der Waals surface area contributed by atoms with Crippen LogP contribution in [0.15, 0.2) is 70.1 Å². The first-order valence-corrected chi connectivity index (χ1v) is 14.0. The van der Waals surface area contributed by atoms with Gasteiger partial charge in [0.1, 0.15) is 5.75 Å². The average Bonchev–Trinajstić information content (AvgIpc) is 3.33. The molecule has 3 aromatic carbocycles. The Bertz CT molecular complexity index is 1410. The maximum atomic E-state index is 12.7. The number of ether oxygens (including phenoxy) is 3. The van der Waals surface area contributed by atoms with Gasteiger partial charge in [0.15, 0.2) is 15.8 Å². The summed E-state index contributed by atoms with van der Waals surface area (Å²) in [5.41, 5.74) is 4.52. The van der Waals surface area contributed by atoms with Gasteiger partial charge >= 0.3 is 5.97 Å². The van der Waals surface area contributed by atoms with Crippen molar-refractivity contribution >= 4 is 74.0 Å². The Hall–Kier alpha value is -3.16. The Morgan fingerprint density at radius 2 is 1.95 bits per heavy atom. The van der Waals surface area contributed by atoms with Crippen molar-refractivity contribution < 1.29 is 23.8 Å². The zero-order valence-corrected chi connectivity index (χ0v) is 23.7. The molecule has 0 atom stereocenters. The van der Waals surface area contributed by atoms with Gasteiger partial charge in [-0.1, -0.05) is 23.9 Å². The van der Waals surface area contributed by atoms with Crippen molar-refractivity contribution in [1.82, 2.24) is 10.4 Å². The van der Waals surface area contributed by atoms with Crippen molar-refractivity contribution in [2.24, 2.45) is 5.10 Å². The number of hydrogen-bond acceptors (Lipinski definition) is 9. The molecule has 1 aromatic heterocycles. The Morgan fingerprint density at radius 1 is 1.16 bits per heavy atom. The standard InChI is InChI=1S/C26H22IN3O5S2/c1-3-34-21-13-16(12-19(27)24(21)35-25(32)17-8-10-18(33-2)11-9-17)14-28-30-23(31)15-36-26-29-20-6-4-5-7-22(20)37-26/h4-14H,3,15H2,1-2H3,(H,30,31)/b28-14-. The lowest BCUT2D eigenvalue weighted by Crippen LogP contribution is -2.19. The minimum atomic E-state index is -0.513. The van der Waals surface area contributed by atoms with E-state index in [-0.39, 0.29) is 11.7 Å². The normalized spacial score (nSPS) is 11.0. The highest BCUT2D eigenvalue weighted by atomic mass is 127. The van der Waals surface area contributed by atoms with Crippen LogP contribution < -0.4 is 19.6 Å². The molecule has 0 bridgehead atoms. The number of carbonyl (C=O) groups excluding carboxylic acids is 2. The topological polar surface area (TPSA) is 99.1 Å². The van der Waals surface area contributed by atoms with Crippen LogP contribution in [0.2, 0.25) is 0 Å². The first-order valence-electron chi connectivity index (χ1n) is 11.1. The molecular weight excluding hydrogens is 625 g/mol. The first kappa shape index (κ1) is 26.9. The number of aromatic nitrogens is 1. The molecule has 11 heteroatoms. The van der Waals surface area contributed by atoms with E-state index in [1.165, 1.54) is 18.0 Å². The summed E-state index contributed by atoms with van der Waals surface area (Å²) in [6, 6.07) is 18.0. The number of para-hydroxylation sites is 1. The van der Waals surface area contributed by atoms with Crippen LogP contribution >= 0.6 is 45.7 Å². The molecule has 0 aliphatic heterocycles. The van der Waals surface area contributed by atoms with E-state index in [1.54, 1.807) is 54.8 Å². The van der Waals surface area contributed by atoms with Crippen LogP contribution in [0, 0.1) is 3.57 Å². The third-order valence-corrected chi connectivity index (χ3v) is 7.84. The minimum absolute atomic E-state index is 0.194. The van der Waals surface area contributed by atoms with Crippen LogP contribution in [-0.4, -0.2) is 42.5 Å². The van der Waals surface area contributed by atoms with Gasteiger partial charge in [-0.15, -0.1) is 11.3 Å². The van der Waals surface area contributed by atoms with Gasteiger partial charge in [-0.2, -0.15) is 5.10 Å². The van der Waals surface area contributed by atoms with Gasteiger partial charge in [-0.05, 0) is 83.6 Å². The number of benzene rings is 3. The Balaban J connectivity index is 1.38. The van der Waals surface area contributed by atoms with Crippen molar-refractivity contribution in [3.63, 3.8) is 0 Å². The highest BCUT2D eigenvalue weighted by Gasteiger charge is 2.17. The lowest BCUT2D eigenvalue weighted by atomic mass is 10.2. The van der Waals surface area contributed by atoms with Crippen LogP contribution in [-0.2, 0) is 4.79 Å². The van der Waals surface area contributed by atoms with E-state index < -0.39 is 5.97 Å². The van der Waals surface area contributed by atoms with Crippen molar-refractivity contribution in [2.45, 2.75) is 11.3 Å². The van der Waals surface area contributed by atoms with Crippen molar-refractivity contribution in [1.29, 1.82) is 0 Å². The van der Waals surface area contributed by atoms with Gasteiger partial charge in [0.2, 0.25) is 0 Å². The molecule has 4 rings (SSSR count). The number of hydrogen-bond donors (Lipinski definition) is 1. The Morgan fingerprint density at radius 3 is 2.68 bits per heavy atom. The quantitative estimate of drug-likeness (QED) is 0.0583. The number of esters is 1. The molecule has 0 saturated carbocycles. The SMILES string of the molecule is CCOc1cc(/C=N\NC(=O)CSc2nc3ccccc3s2)cc(I)c1OC(=O)c1ccc(OC)cc1. The van der Waals surface area contributed by atoms with E-state index in [4.69, 9.17) is 14.2 Å². The van der Waals surface area contributed by atoms with E-state index >= 15 is 0 Å². The molecule has 0 spiro atoms. The van der Waals surface area contributed by atoms with E-state index in [0.29, 0.717) is 38.6 Å². The van der Waals surface area contributed by atoms with Crippen molar-refractivity contribution in [2.75, 3.05) is 19.5 Å². The maximum Gasteiger partial charge on any atom is 0.343 e. The van der Waals surface area contributed by atoms with Crippen LogP contribution in [0.4, 0.5) is 0 Å². The summed E-state index contributed by atoms with van der Waals surface area (Å²) in [7, 11) is 1.56. The average molecular weight is 648 g/mol. The smallest absolute Gasteiger partial charge is 0.343 e. The summed E-state index contributed by atoms with van der Waals surface area (Å²) in [6.45, 7) is 2.22. The monoisotopic (exact) mass is 647 g/mol. The zero-order valence-electron chi connectivity index (χ0n) is 19.9. The molecule has 0 aliphatic carbocycles. The molecule has 1 heterocycles. The summed E-state index contributed by atoms with van der Waals surface area (Å²) in [4.78, 5) is 29.4. The number of carbonyl (C=O) groups is 2. The molecule has 8 nitrogen and oxygen atoms in total. The van der Waals surface area contributed by atoms with Gasteiger partial charge in [-0.3, -0.25) is 4.79 Å². The number of nitrogens with zero attached hydrogens (tertiary/aromatic N) is 2. The van der Waals surface area contributed by atoms with Gasteiger partial charge in [-0.25, -0.2) is 15.2 Å². The molecule has 0 fully saturated rings. The number of thiazole rings is 1. The van der Waals surface area contributed by atoms with E-state index in [2.05, 4.69) is 38.1 Å². The van der Waals surface area contributed by atoms with Crippen molar-refractivity contribution in [3.05, 3.63) is 75.4 Å².